The van der Waals surface area contributed by atoms with E-state index in [-0.39, 0.29) is 13.3 Å². The van der Waals surface area contributed by atoms with E-state index in [1.54, 1.807) is 24.3 Å². The summed E-state index contributed by atoms with van der Waals surface area (Å²) in [5.74, 6) is 0.236. The average Bonchev–Trinajstić information content (AvgIpc) is 3.56. The molecule has 1 aromatic heterocycles. The largest absolute Gasteiger partial charge is 0.360 e. The van der Waals surface area contributed by atoms with Gasteiger partial charge in [0, 0.05) is 48.0 Å². The van der Waals surface area contributed by atoms with Crippen molar-refractivity contribution >= 4 is 69.0 Å². The van der Waals surface area contributed by atoms with Gasteiger partial charge in [-0.2, -0.15) is 12.7 Å². The topological polar surface area (TPSA) is 84.7 Å². The molecule has 0 spiro atoms. The second-order valence-corrected chi connectivity index (χ2v) is 22.2. The fraction of sp³-hybridized carbons (Fsp3) is 0.222. The van der Waals surface area contributed by atoms with Crippen LogP contribution in [0, 0.1) is 0 Å². The number of anilines is 1. The van der Waals surface area contributed by atoms with Crippen molar-refractivity contribution in [2.75, 3.05) is 24.2 Å². The minimum atomic E-state index is -4.08. The van der Waals surface area contributed by atoms with E-state index in [4.69, 9.17) is 32.9 Å². The van der Waals surface area contributed by atoms with Crippen LogP contribution < -0.4 is 4.31 Å². The number of hydrogen-bond donors (Lipinski definition) is 0. The Morgan fingerprint density at radius 3 is 2.14 bits per heavy atom. The lowest BCUT2D eigenvalue weighted by Crippen LogP contribution is -2.36. The van der Waals surface area contributed by atoms with Crippen LogP contribution in [-0.2, 0) is 26.2 Å². The number of benzene rings is 4. The van der Waals surface area contributed by atoms with Crippen molar-refractivity contribution < 1.29 is 17.9 Å². The number of nitrogens with zero attached hydrogens (tertiary/aromatic N) is 4. The summed E-state index contributed by atoms with van der Waals surface area (Å²) in [4.78, 5) is 17.8. The molecule has 254 valence electrons. The van der Waals surface area contributed by atoms with Crippen LogP contribution in [0.2, 0.25) is 35.7 Å². The molecule has 1 aliphatic rings. The SMILES string of the molecule is C[Si](C)(C)CCOCN1C(=O)CN(c2ccc(-n3cc(-c4ccc(Cl)cc4Cl)nc3Cc3ccc(-c4ccc(Br)cc4)cc3)cc2)S1(=O)=O. The molecule has 5 aromatic rings. The summed E-state index contributed by atoms with van der Waals surface area (Å²) in [6, 6.07) is 29.7. The minimum absolute atomic E-state index is 0.287. The summed E-state index contributed by atoms with van der Waals surface area (Å²) in [5, 5.41) is 1.01. The molecule has 2 heterocycles. The van der Waals surface area contributed by atoms with Gasteiger partial charge in [-0.15, -0.1) is 0 Å². The fourth-order valence-electron chi connectivity index (χ4n) is 5.43. The number of hydrogen-bond acceptors (Lipinski definition) is 5. The van der Waals surface area contributed by atoms with Crippen molar-refractivity contribution in [2.45, 2.75) is 32.1 Å². The first-order chi connectivity index (χ1) is 23.3. The van der Waals surface area contributed by atoms with Crippen LogP contribution in [0.1, 0.15) is 11.4 Å². The van der Waals surface area contributed by atoms with Gasteiger partial charge in [0.15, 0.2) is 0 Å². The maximum atomic E-state index is 13.4. The molecule has 0 bridgehead atoms. The molecule has 1 amide bonds. The van der Waals surface area contributed by atoms with Crippen LogP contribution in [0.4, 0.5) is 5.69 Å². The smallest absolute Gasteiger partial charge is 0.331 e. The summed E-state index contributed by atoms with van der Waals surface area (Å²) in [6.07, 6.45) is 2.43. The highest BCUT2D eigenvalue weighted by Crippen LogP contribution is 2.33. The third-order valence-electron chi connectivity index (χ3n) is 8.21. The molecular formula is C36H35BrCl2N4O4SSi. The molecule has 1 saturated heterocycles. The van der Waals surface area contributed by atoms with Crippen molar-refractivity contribution in [3.63, 3.8) is 0 Å². The highest BCUT2D eigenvalue weighted by Gasteiger charge is 2.42. The van der Waals surface area contributed by atoms with Crippen molar-refractivity contribution in [1.82, 2.24) is 13.9 Å². The number of carbonyl (C=O) groups excluding carboxylic acids is 1. The summed E-state index contributed by atoms with van der Waals surface area (Å²) in [6.45, 7) is 6.47. The van der Waals surface area contributed by atoms with Gasteiger partial charge in [0.25, 0.3) is 5.91 Å². The molecule has 0 atom stereocenters. The third-order valence-corrected chi connectivity index (χ3v) is 12.8. The number of amides is 1. The lowest BCUT2D eigenvalue weighted by atomic mass is 10.0. The number of rotatable bonds is 11. The molecule has 0 unspecified atom stereocenters. The van der Waals surface area contributed by atoms with E-state index in [1.165, 1.54) is 0 Å². The highest BCUT2D eigenvalue weighted by molar-refractivity contribution is 9.10. The Hall–Kier alpha value is -3.45. The lowest BCUT2D eigenvalue weighted by molar-refractivity contribution is -0.127. The zero-order valence-corrected chi connectivity index (χ0v) is 32.2. The van der Waals surface area contributed by atoms with E-state index < -0.39 is 24.2 Å². The van der Waals surface area contributed by atoms with Gasteiger partial charge in [-0.05, 0) is 77.3 Å². The molecule has 0 aliphatic carbocycles. The van der Waals surface area contributed by atoms with Crippen LogP contribution in [0.5, 0.6) is 0 Å². The first-order valence-electron chi connectivity index (χ1n) is 15.7. The van der Waals surface area contributed by atoms with E-state index in [9.17, 15) is 13.2 Å². The van der Waals surface area contributed by atoms with Crippen LogP contribution in [0.15, 0.2) is 102 Å². The van der Waals surface area contributed by atoms with Crippen molar-refractivity contribution in [3.8, 4) is 28.1 Å². The maximum Gasteiger partial charge on any atom is 0.331 e. The molecule has 8 nitrogen and oxygen atoms in total. The molecule has 1 fully saturated rings. The molecular weight excluding hydrogens is 763 g/mol. The number of aromatic nitrogens is 2. The number of ether oxygens (including phenoxy) is 1. The van der Waals surface area contributed by atoms with E-state index in [1.807, 2.05) is 41.1 Å². The van der Waals surface area contributed by atoms with Crippen molar-refractivity contribution in [3.05, 3.63) is 123 Å². The van der Waals surface area contributed by atoms with E-state index in [2.05, 4.69) is 72.0 Å². The second kappa shape index (κ2) is 14.4. The summed E-state index contributed by atoms with van der Waals surface area (Å²) >= 11 is 16.3. The summed E-state index contributed by atoms with van der Waals surface area (Å²) in [5.41, 5.74) is 5.85. The Kier molecular flexibility index (Phi) is 10.4. The molecule has 6 rings (SSSR count). The standard InChI is InChI=1S/C36H35BrCl2N4O4SSi/c1-49(2,3)19-18-47-24-43-36(44)23-42(48(43,45)46)31-15-13-30(14-16-31)41-22-34(32-17-12-29(38)21-33(32)39)40-35(41)20-25-4-6-26(7-5-25)27-8-10-28(37)11-9-27/h4-17,21-22H,18-20,23-24H2,1-3H3. The Morgan fingerprint density at radius 2 is 1.51 bits per heavy atom. The van der Waals surface area contributed by atoms with E-state index in [0.717, 1.165) is 52.9 Å². The second-order valence-electron chi connectivity index (χ2n) is 13.0. The molecule has 13 heteroatoms. The van der Waals surface area contributed by atoms with Gasteiger partial charge < -0.3 is 9.30 Å². The third kappa shape index (κ3) is 8.14. The van der Waals surface area contributed by atoms with Gasteiger partial charge in [-0.25, -0.2) is 9.29 Å². The zero-order chi connectivity index (χ0) is 34.9. The molecule has 4 aromatic carbocycles. The van der Waals surface area contributed by atoms with Gasteiger partial charge in [-0.3, -0.25) is 4.79 Å². The van der Waals surface area contributed by atoms with Crippen molar-refractivity contribution in [1.29, 1.82) is 0 Å². The zero-order valence-electron chi connectivity index (χ0n) is 27.2. The maximum absolute atomic E-state index is 13.4. The number of carbonyl (C=O) groups is 1. The highest BCUT2D eigenvalue weighted by atomic mass is 79.9. The fourth-order valence-corrected chi connectivity index (χ4v) is 8.38. The summed E-state index contributed by atoms with van der Waals surface area (Å²) < 4.78 is 37.3. The number of halogens is 3. The van der Waals surface area contributed by atoms with Crippen molar-refractivity contribution in [2.24, 2.45) is 0 Å². The normalized spacial score (nSPS) is 14.5. The Morgan fingerprint density at radius 1 is 0.878 bits per heavy atom. The molecule has 0 radical (unpaired) electrons. The van der Waals surface area contributed by atoms with E-state index in [0.29, 0.717) is 34.5 Å². The van der Waals surface area contributed by atoms with E-state index >= 15 is 0 Å². The van der Waals surface area contributed by atoms with Crippen LogP contribution in [0.25, 0.3) is 28.1 Å². The summed E-state index contributed by atoms with van der Waals surface area (Å²) in [7, 11) is -5.44. The monoisotopic (exact) mass is 796 g/mol. The van der Waals surface area contributed by atoms with Gasteiger partial charge >= 0.3 is 10.2 Å². The first-order valence-corrected chi connectivity index (χ1v) is 22.3. The predicted octanol–water partition coefficient (Wildman–Crippen LogP) is 9.07. The molecule has 0 saturated carbocycles. The predicted molar refractivity (Wildman–Crippen MR) is 203 cm³/mol. The van der Waals surface area contributed by atoms with Gasteiger partial charge in [-0.1, -0.05) is 95.2 Å². The Labute approximate surface area is 306 Å². The van der Waals surface area contributed by atoms with Gasteiger partial charge in [0.05, 0.1) is 16.4 Å². The van der Waals surface area contributed by atoms with Crippen LogP contribution >= 0.6 is 39.1 Å². The lowest BCUT2D eigenvalue weighted by Gasteiger charge is -2.21. The molecule has 0 N–H and O–H groups in total. The van der Waals surface area contributed by atoms with Crippen LogP contribution in [-0.4, -0.2) is 56.1 Å². The Balaban J connectivity index is 1.27. The Bertz CT molecular complexity index is 2090. The number of imidazole rings is 1. The molecule has 1 aliphatic heterocycles. The minimum Gasteiger partial charge on any atom is -0.360 e. The first kappa shape index (κ1) is 35.4. The van der Waals surface area contributed by atoms with Gasteiger partial charge in [0.2, 0.25) is 0 Å². The average molecular weight is 799 g/mol. The van der Waals surface area contributed by atoms with Crippen LogP contribution in [0.3, 0.4) is 0 Å². The quantitative estimate of drug-likeness (QED) is 0.0984. The van der Waals surface area contributed by atoms with Gasteiger partial charge in [0.1, 0.15) is 19.1 Å². The molecule has 49 heavy (non-hydrogen) atoms.